The van der Waals surface area contributed by atoms with Crippen LogP contribution in [0.4, 0.5) is 9.18 Å². The third-order valence-electron chi connectivity index (χ3n) is 3.93. The fourth-order valence-corrected chi connectivity index (χ4v) is 2.86. The number of ether oxygens (including phenoxy) is 1. The second kappa shape index (κ2) is 6.18. The molecule has 23 heavy (non-hydrogen) atoms. The first-order chi connectivity index (χ1) is 10.6. The van der Waals surface area contributed by atoms with Gasteiger partial charge in [-0.2, -0.15) is 0 Å². The van der Waals surface area contributed by atoms with E-state index < -0.39 is 35.3 Å². The topological polar surface area (TPSA) is 66.8 Å². The van der Waals surface area contributed by atoms with Crippen LogP contribution in [0.25, 0.3) is 0 Å². The van der Waals surface area contributed by atoms with Crippen LogP contribution in [0.2, 0.25) is 0 Å². The van der Waals surface area contributed by atoms with Crippen molar-refractivity contribution in [3.8, 4) is 0 Å². The van der Waals surface area contributed by atoms with Crippen molar-refractivity contribution in [1.29, 1.82) is 0 Å². The number of benzene rings is 1. The zero-order chi connectivity index (χ0) is 17.4. The van der Waals surface area contributed by atoms with E-state index in [9.17, 15) is 19.1 Å². The van der Waals surface area contributed by atoms with Gasteiger partial charge in [0, 0.05) is 19.0 Å². The lowest BCUT2D eigenvalue weighted by atomic mass is 9.86. The molecule has 1 aromatic rings. The third-order valence-corrected chi connectivity index (χ3v) is 3.93. The smallest absolute Gasteiger partial charge is 0.410 e. The molecule has 2 atom stereocenters. The molecule has 2 rings (SSSR count). The quantitative estimate of drug-likeness (QED) is 0.908. The molecule has 1 fully saturated rings. The summed E-state index contributed by atoms with van der Waals surface area (Å²) >= 11 is 0. The number of amides is 1. The van der Waals surface area contributed by atoms with Crippen LogP contribution in [-0.2, 0) is 9.53 Å². The molecule has 1 N–H and O–H groups in total. The van der Waals surface area contributed by atoms with Crippen molar-refractivity contribution in [2.75, 3.05) is 13.1 Å². The molecule has 1 aliphatic heterocycles. The monoisotopic (exact) mass is 323 g/mol. The Kier molecular flexibility index (Phi) is 4.63. The molecule has 0 spiro atoms. The maximum absolute atomic E-state index is 13.6. The maximum Gasteiger partial charge on any atom is 0.410 e. The van der Waals surface area contributed by atoms with Crippen molar-refractivity contribution in [2.45, 2.75) is 39.2 Å². The molecule has 0 aliphatic carbocycles. The average Bonchev–Trinajstić information content (AvgIpc) is 2.85. The number of carbonyl (C=O) groups excluding carboxylic acids is 1. The maximum atomic E-state index is 13.6. The van der Waals surface area contributed by atoms with Crippen molar-refractivity contribution < 1.29 is 23.8 Å². The molecular weight excluding hydrogens is 301 g/mol. The van der Waals surface area contributed by atoms with E-state index in [2.05, 4.69) is 0 Å². The second-order valence-corrected chi connectivity index (χ2v) is 6.94. The zero-order valence-corrected chi connectivity index (χ0v) is 13.8. The van der Waals surface area contributed by atoms with Crippen LogP contribution < -0.4 is 0 Å². The van der Waals surface area contributed by atoms with Gasteiger partial charge in [0.25, 0.3) is 0 Å². The third kappa shape index (κ3) is 4.00. The van der Waals surface area contributed by atoms with E-state index in [1.54, 1.807) is 26.8 Å². The lowest BCUT2D eigenvalue weighted by Gasteiger charge is -2.24. The van der Waals surface area contributed by atoms with Crippen molar-refractivity contribution in [2.24, 2.45) is 5.92 Å². The Morgan fingerprint density at radius 3 is 2.52 bits per heavy atom. The molecule has 6 heteroatoms. The van der Waals surface area contributed by atoms with Gasteiger partial charge >= 0.3 is 12.1 Å². The molecule has 1 amide bonds. The molecule has 126 valence electrons. The predicted molar refractivity (Wildman–Crippen MR) is 82.8 cm³/mol. The van der Waals surface area contributed by atoms with E-state index in [1.165, 1.54) is 17.0 Å². The molecule has 1 heterocycles. The number of halogens is 1. The first kappa shape index (κ1) is 17.2. The van der Waals surface area contributed by atoms with Gasteiger partial charge in [0.15, 0.2) is 0 Å². The minimum absolute atomic E-state index is 0.0604. The standard InChI is InChI=1S/C17H22FNO4/c1-10-5-6-11(18)7-12(10)13-8-19(9-14(13)15(20)21)16(22)23-17(2,3)4/h5-7,13-14H,8-9H2,1-4H3,(H,20,21)/t13-,14+/m1/s1. The normalized spacial score (nSPS) is 21.3. The fourth-order valence-electron chi connectivity index (χ4n) is 2.86. The molecular formula is C17H22FNO4. The summed E-state index contributed by atoms with van der Waals surface area (Å²) in [6.45, 7) is 7.34. The summed E-state index contributed by atoms with van der Waals surface area (Å²) in [6, 6.07) is 4.32. The summed E-state index contributed by atoms with van der Waals surface area (Å²) in [4.78, 5) is 25.1. The molecule has 0 bridgehead atoms. The van der Waals surface area contributed by atoms with Crippen molar-refractivity contribution in [3.05, 3.63) is 35.1 Å². The van der Waals surface area contributed by atoms with Crippen LogP contribution in [-0.4, -0.2) is 40.8 Å². The van der Waals surface area contributed by atoms with Crippen molar-refractivity contribution >= 4 is 12.1 Å². The predicted octanol–water partition coefficient (Wildman–Crippen LogP) is 3.17. The molecule has 5 nitrogen and oxygen atoms in total. The van der Waals surface area contributed by atoms with Gasteiger partial charge in [-0.1, -0.05) is 6.07 Å². The molecule has 1 aliphatic rings. The minimum atomic E-state index is -0.996. The van der Waals surface area contributed by atoms with E-state index in [1.807, 2.05) is 6.92 Å². The highest BCUT2D eigenvalue weighted by Crippen LogP contribution is 2.35. The van der Waals surface area contributed by atoms with Gasteiger partial charge in [-0.05, 0) is 51.0 Å². The number of hydrogen-bond donors (Lipinski definition) is 1. The highest BCUT2D eigenvalue weighted by molar-refractivity contribution is 5.76. The van der Waals surface area contributed by atoms with Gasteiger partial charge in [0.2, 0.25) is 0 Å². The lowest BCUT2D eigenvalue weighted by molar-refractivity contribution is -0.141. The van der Waals surface area contributed by atoms with Crippen LogP contribution in [0.15, 0.2) is 18.2 Å². The minimum Gasteiger partial charge on any atom is -0.481 e. The Morgan fingerprint density at radius 1 is 1.30 bits per heavy atom. The number of aryl methyl sites for hydroxylation is 1. The summed E-state index contributed by atoms with van der Waals surface area (Å²) in [6.07, 6.45) is -0.541. The van der Waals surface area contributed by atoms with Crippen LogP contribution in [0.1, 0.15) is 37.8 Å². The fraction of sp³-hybridized carbons (Fsp3) is 0.529. The first-order valence-corrected chi connectivity index (χ1v) is 7.55. The van der Waals surface area contributed by atoms with E-state index in [0.717, 1.165) is 5.56 Å². The number of carboxylic acids is 1. The van der Waals surface area contributed by atoms with Crippen molar-refractivity contribution in [3.63, 3.8) is 0 Å². The second-order valence-electron chi connectivity index (χ2n) is 6.94. The lowest BCUT2D eigenvalue weighted by Crippen LogP contribution is -2.35. The Labute approximate surface area is 135 Å². The Hall–Kier alpha value is -2.11. The zero-order valence-electron chi connectivity index (χ0n) is 13.8. The molecule has 0 radical (unpaired) electrons. The molecule has 1 saturated heterocycles. The van der Waals surface area contributed by atoms with Crippen LogP contribution in [0.3, 0.4) is 0 Å². The summed E-state index contributed by atoms with van der Waals surface area (Å²) < 4.78 is 18.9. The van der Waals surface area contributed by atoms with E-state index in [-0.39, 0.29) is 13.1 Å². The molecule has 0 saturated carbocycles. The van der Waals surface area contributed by atoms with Gasteiger partial charge in [-0.15, -0.1) is 0 Å². The number of rotatable bonds is 2. The molecule has 0 unspecified atom stereocenters. The van der Waals surface area contributed by atoms with Gasteiger partial charge < -0.3 is 14.7 Å². The summed E-state index contributed by atoms with van der Waals surface area (Å²) in [5.74, 6) is -2.63. The van der Waals surface area contributed by atoms with Gasteiger partial charge in [-0.25, -0.2) is 9.18 Å². The van der Waals surface area contributed by atoms with Crippen LogP contribution in [0, 0.1) is 18.7 Å². The SMILES string of the molecule is Cc1ccc(F)cc1[C@H]1CN(C(=O)OC(C)(C)C)C[C@@H]1C(=O)O. The van der Waals surface area contributed by atoms with E-state index in [0.29, 0.717) is 5.56 Å². The number of aliphatic carboxylic acids is 1. The largest absolute Gasteiger partial charge is 0.481 e. The molecule has 1 aromatic carbocycles. The number of carboxylic acid groups (broad SMARTS) is 1. The highest BCUT2D eigenvalue weighted by Gasteiger charge is 2.42. The Balaban J connectivity index is 2.27. The number of hydrogen-bond acceptors (Lipinski definition) is 3. The summed E-state index contributed by atoms with van der Waals surface area (Å²) in [5.41, 5.74) is 0.792. The number of nitrogens with zero attached hydrogens (tertiary/aromatic N) is 1. The first-order valence-electron chi connectivity index (χ1n) is 7.55. The highest BCUT2D eigenvalue weighted by atomic mass is 19.1. The molecule has 0 aromatic heterocycles. The summed E-state index contributed by atoms with van der Waals surface area (Å²) in [5, 5.41) is 9.46. The van der Waals surface area contributed by atoms with Gasteiger partial charge in [0.05, 0.1) is 5.92 Å². The van der Waals surface area contributed by atoms with Crippen molar-refractivity contribution in [1.82, 2.24) is 4.90 Å². The van der Waals surface area contributed by atoms with E-state index >= 15 is 0 Å². The number of carbonyl (C=O) groups is 2. The van der Waals surface area contributed by atoms with Crippen LogP contribution in [0.5, 0.6) is 0 Å². The summed E-state index contributed by atoms with van der Waals surface area (Å²) in [7, 11) is 0. The van der Waals surface area contributed by atoms with Crippen LogP contribution >= 0.6 is 0 Å². The number of likely N-dealkylation sites (tertiary alicyclic amines) is 1. The average molecular weight is 323 g/mol. The van der Waals surface area contributed by atoms with Gasteiger partial charge in [-0.3, -0.25) is 4.79 Å². The van der Waals surface area contributed by atoms with Gasteiger partial charge in [0.1, 0.15) is 11.4 Å². The van der Waals surface area contributed by atoms with E-state index in [4.69, 9.17) is 4.74 Å². The Morgan fingerprint density at radius 2 is 1.96 bits per heavy atom. The Bertz CT molecular complexity index is 624.